The molecule has 2 aromatic rings. The minimum Gasteiger partial charge on any atom is -0.360 e. The second kappa shape index (κ2) is 3.63. The monoisotopic (exact) mass is 233 g/mol. The molecule has 3 rings (SSSR count). The fraction of sp³-hybridized carbons (Fsp3) is 0.308. The Morgan fingerprint density at radius 2 is 2.19 bits per heavy atom. The van der Waals surface area contributed by atoms with Crippen LogP contribution in [0.4, 0.5) is 0 Å². The third-order valence-electron chi connectivity index (χ3n) is 2.99. The summed E-state index contributed by atoms with van der Waals surface area (Å²) in [4.78, 5) is 0. The van der Waals surface area contributed by atoms with E-state index in [1.165, 1.54) is 12.8 Å². The maximum absolute atomic E-state index is 6.19. The summed E-state index contributed by atoms with van der Waals surface area (Å²) < 4.78 is 5.34. The lowest BCUT2D eigenvalue weighted by molar-refractivity contribution is 0.386. The molecule has 0 radical (unpaired) electrons. The molecule has 2 nitrogen and oxygen atoms in total. The number of rotatable bonds is 2. The standard InChI is InChI=1S/C13H12ClNO/c1-8-3-2-4-10(14)13(8)11-7-12(16-15-11)9-5-6-9/h2-4,7,9H,5-6H2,1H3. The van der Waals surface area contributed by atoms with Crippen LogP contribution in [-0.2, 0) is 0 Å². The normalized spacial score (nSPS) is 15.4. The van der Waals surface area contributed by atoms with E-state index in [4.69, 9.17) is 16.1 Å². The molecule has 1 saturated carbocycles. The Labute approximate surface area is 99.2 Å². The summed E-state index contributed by atoms with van der Waals surface area (Å²) in [7, 11) is 0. The van der Waals surface area contributed by atoms with E-state index in [1.807, 2.05) is 31.2 Å². The fourth-order valence-corrected chi connectivity index (χ4v) is 2.24. The van der Waals surface area contributed by atoms with Gasteiger partial charge in [0.1, 0.15) is 11.5 Å². The van der Waals surface area contributed by atoms with Gasteiger partial charge in [0.2, 0.25) is 0 Å². The summed E-state index contributed by atoms with van der Waals surface area (Å²) in [5.41, 5.74) is 2.97. The Kier molecular flexibility index (Phi) is 2.25. The largest absolute Gasteiger partial charge is 0.360 e. The molecule has 3 heteroatoms. The summed E-state index contributed by atoms with van der Waals surface area (Å²) in [5, 5.41) is 4.84. The quantitative estimate of drug-likeness (QED) is 0.778. The first-order chi connectivity index (χ1) is 7.75. The van der Waals surface area contributed by atoms with Gasteiger partial charge in [0, 0.05) is 17.5 Å². The average Bonchev–Trinajstić information content (AvgIpc) is 2.99. The van der Waals surface area contributed by atoms with Crippen molar-refractivity contribution < 1.29 is 4.52 Å². The zero-order valence-electron chi connectivity index (χ0n) is 9.03. The van der Waals surface area contributed by atoms with Crippen molar-refractivity contribution >= 4 is 11.6 Å². The number of halogens is 1. The lowest BCUT2D eigenvalue weighted by Crippen LogP contribution is -1.84. The van der Waals surface area contributed by atoms with Crippen LogP contribution in [0.25, 0.3) is 11.3 Å². The van der Waals surface area contributed by atoms with Gasteiger partial charge in [-0.3, -0.25) is 0 Å². The van der Waals surface area contributed by atoms with Crippen molar-refractivity contribution in [2.24, 2.45) is 0 Å². The number of benzene rings is 1. The Bertz CT molecular complexity index is 508. The minimum atomic E-state index is 0.587. The topological polar surface area (TPSA) is 26.0 Å². The van der Waals surface area contributed by atoms with Crippen LogP contribution in [0.15, 0.2) is 28.8 Å². The van der Waals surface area contributed by atoms with E-state index in [-0.39, 0.29) is 0 Å². The smallest absolute Gasteiger partial charge is 0.140 e. The highest BCUT2D eigenvalue weighted by Crippen LogP contribution is 2.42. The van der Waals surface area contributed by atoms with Crippen molar-refractivity contribution in [2.45, 2.75) is 25.7 Å². The van der Waals surface area contributed by atoms with Crippen molar-refractivity contribution in [2.75, 3.05) is 0 Å². The van der Waals surface area contributed by atoms with E-state index in [0.29, 0.717) is 5.92 Å². The highest BCUT2D eigenvalue weighted by atomic mass is 35.5. The zero-order valence-corrected chi connectivity index (χ0v) is 9.79. The van der Waals surface area contributed by atoms with Crippen LogP contribution >= 0.6 is 11.6 Å². The van der Waals surface area contributed by atoms with Gasteiger partial charge in [0.25, 0.3) is 0 Å². The highest BCUT2D eigenvalue weighted by molar-refractivity contribution is 6.33. The number of aromatic nitrogens is 1. The van der Waals surface area contributed by atoms with Crippen LogP contribution in [0.3, 0.4) is 0 Å². The van der Waals surface area contributed by atoms with Crippen molar-refractivity contribution in [3.63, 3.8) is 0 Å². The van der Waals surface area contributed by atoms with Crippen LogP contribution in [0.5, 0.6) is 0 Å². The second-order valence-corrected chi connectivity index (χ2v) is 4.73. The molecule has 0 amide bonds. The predicted molar refractivity (Wildman–Crippen MR) is 63.7 cm³/mol. The van der Waals surface area contributed by atoms with Gasteiger partial charge in [-0.2, -0.15) is 0 Å². The molecule has 1 aromatic heterocycles. The van der Waals surface area contributed by atoms with E-state index in [9.17, 15) is 0 Å². The number of hydrogen-bond donors (Lipinski definition) is 0. The summed E-state index contributed by atoms with van der Waals surface area (Å²) in [6, 6.07) is 7.89. The zero-order chi connectivity index (χ0) is 11.1. The molecule has 16 heavy (non-hydrogen) atoms. The van der Waals surface area contributed by atoms with E-state index in [2.05, 4.69) is 5.16 Å². The maximum atomic E-state index is 6.19. The first-order valence-electron chi connectivity index (χ1n) is 5.48. The molecule has 0 atom stereocenters. The highest BCUT2D eigenvalue weighted by Gasteiger charge is 2.28. The van der Waals surface area contributed by atoms with Gasteiger partial charge in [-0.15, -0.1) is 0 Å². The van der Waals surface area contributed by atoms with Gasteiger partial charge >= 0.3 is 0 Å². The maximum Gasteiger partial charge on any atom is 0.140 e. The summed E-state index contributed by atoms with van der Waals surface area (Å²) >= 11 is 6.19. The van der Waals surface area contributed by atoms with E-state index >= 15 is 0 Å². The van der Waals surface area contributed by atoms with Crippen molar-refractivity contribution in [1.29, 1.82) is 0 Å². The molecule has 1 aliphatic carbocycles. The molecule has 0 aliphatic heterocycles. The van der Waals surface area contributed by atoms with Crippen LogP contribution in [-0.4, -0.2) is 5.16 Å². The summed E-state index contributed by atoms with van der Waals surface area (Å²) in [5.74, 6) is 1.58. The lowest BCUT2D eigenvalue weighted by atomic mass is 10.1. The lowest BCUT2D eigenvalue weighted by Gasteiger charge is -2.03. The first-order valence-corrected chi connectivity index (χ1v) is 5.85. The Morgan fingerprint density at radius 3 is 2.88 bits per heavy atom. The van der Waals surface area contributed by atoms with Gasteiger partial charge in [0.05, 0.1) is 5.02 Å². The van der Waals surface area contributed by atoms with Crippen LogP contribution in [0.2, 0.25) is 5.02 Å². The molecule has 0 spiro atoms. The molecule has 1 aliphatic rings. The molecule has 0 bridgehead atoms. The van der Waals surface area contributed by atoms with Crippen LogP contribution < -0.4 is 0 Å². The summed E-state index contributed by atoms with van der Waals surface area (Å²) in [6.07, 6.45) is 2.44. The number of hydrogen-bond acceptors (Lipinski definition) is 2. The minimum absolute atomic E-state index is 0.587. The molecular weight excluding hydrogens is 222 g/mol. The summed E-state index contributed by atoms with van der Waals surface area (Å²) in [6.45, 7) is 2.03. The molecule has 1 fully saturated rings. The van der Waals surface area contributed by atoms with E-state index in [1.54, 1.807) is 0 Å². The van der Waals surface area contributed by atoms with Crippen LogP contribution in [0, 0.1) is 6.92 Å². The molecule has 1 heterocycles. The molecule has 0 saturated heterocycles. The first kappa shape index (κ1) is 9.91. The number of aryl methyl sites for hydroxylation is 1. The van der Waals surface area contributed by atoms with Gasteiger partial charge in [-0.1, -0.05) is 28.9 Å². The molecule has 0 N–H and O–H groups in total. The Morgan fingerprint density at radius 1 is 1.38 bits per heavy atom. The van der Waals surface area contributed by atoms with Gasteiger partial charge < -0.3 is 4.52 Å². The van der Waals surface area contributed by atoms with Crippen molar-refractivity contribution in [3.8, 4) is 11.3 Å². The SMILES string of the molecule is Cc1cccc(Cl)c1-c1cc(C2CC2)on1. The molecule has 1 aromatic carbocycles. The van der Waals surface area contributed by atoms with Crippen molar-refractivity contribution in [1.82, 2.24) is 5.16 Å². The third kappa shape index (κ3) is 1.63. The number of nitrogens with zero attached hydrogens (tertiary/aromatic N) is 1. The van der Waals surface area contributed by atoms with E-state index in [0.717, 1.165) is 27.6 Å². The Hall–Kier alpha value is -1.28. The van der Waals surface area contributed by atoms with Crippen LogP contribution in [0.1, 0.15) is 30.1 Å². The second-order valence-electron chi connectivity index (χ2n) is 4.32. The predicted octanol–water partition coefficient (Wildman–Crippen LogP) is 4.18. The fourth-order valence-electron chi connectivity index (χ4n) is 1.92. The van der Waals surface area contributed by atoms with E-state index < -0.39 is 0 Å². The van der Waals surface area contributed by atoms with Gasteiger partial charge in [-0.25, -0.2) is 0 Å². The van der Waals surface area contributed by atoms with Gasteiger partial charge in [-0.05, 0) is 31.4 Å². The van der Waals surface area contributed by atoms with Gasteiger partial charge in [0.15, 0.2) is 0 Å². The third-order valence-corrected chi connectivity index (χ3v) is 3.30. The molecule has 0 unspecified atom stereocenters. The molecule has 82 valence electrons. The van der Waals surface area contributed by atoms with Crippen molar-refractivity contribution in [3.05, 3.63) is 40.6 Å². The molecular formula is C13H12ClNO. The Balaban J connectivity index is 2.06. The average molecular weight is 234 g/mol.